The number of nitrogens with zero attached hydrogens (tertiary/aromatic N) is 3. The zero-order valence-electron chi connectivity index (χ0n) is 11.3. The first-order chi connectivity index (χ1) is 9.74. The maximum Gasteiger partial charge on any atom is 0.451 e. The predicted molar refractivity (Wildman–Crippen MR) is 72.5 cm³/mol. The molecule has 0 spiro atoms. The highest BCUT2D eigenvalue weighted by Gasteiger charge is 2.31. The lowest BCUT2D eigenvalue weighted by atomic mass is 10.1. The molecule has 0 atom stereocenters. The van der Waals surface area contributed by atoms with Crippen LogP contribution in [0.25, 0.3) is 11.0 Å². The van der Waals surface area contributed by atoms with Crippen LogP contribution < -0.4 is 14.2 Å². The van der Waals surface area contributed by atoms with Crippen molar-refractivity contribution in [1.29, 1.82) is 0 Å². The Hall–Kier alpha value is -2.11. The van der Waals surface area contributed by atoms with Gasteiger partial charge in [0.2, 0.25) is 10.1 Å². The third kappa shape index (κ3) is 1.60. The molecular weight excluding hydrogens is 256 g/mol. The number of aryl methyl sites for hydroxylation is 2. The number of aromatic amines is 1. The van der Waals surface area contributed by atoms with E-state index in [9.17, 15) is 10.1 Å². The number of hydrogen-bond acceptors (Lipinski definition) is 3. The lowest BCUT2D eigenvalue weighted by Gasteiger charge is -2.09. The average Bonchev–Trinajstić information content (AvgIpc) is 3.11. The van der Waals surface area contributed by atoms with Crippen molar-refractivity contribution < 1.29 is 14.5 Å². The summed E-state index contributed by atoms with van der Waals surface area (Å²) in [5, 5.41) is 13.2. The molecule has 2 heterocycles. The standard InChI is InChI=1S/C14H17N4O2/c19-17-12-8-10-4-3-5-11(10)9-13(12)18(20)15-14(17)16-6-1-2-7-16/h8-9,19H,1-7H2/q+1/p+1. The quantitative estimate of drug-likeness (QED) is 0.594. The van der Waals surface area contributed by atoms with E-state index in [-0.39, 0.29) is 0 Å². The van der Waals surface area contributed by atoms with E-state index in [1.165, 1.54) is 11.1 Å². The molecule has 0 saturated carbocycles. The Morgan fingerprint density at radius 3 is 2.40 bits per heavy atom. The first kappa shape index (κ1) is 11.7. The van der Waals surface area contributed by atoms with Crippen molar-refractivity contribution in [3.05, 3.63) is 28.2 Å². The first-order valence-corrected chi connectivity index (χ1v) is 7.24. The van der Waals surface area contributed by atoms with E-state index < -0.39 is 0 Å². The van der Waals surface area contributed by atoms with Crippen molar-refractivity contribution in [1.82, 2.24) is 5.10 Å². The SMILES string of the molecule is O=[n+]1[nH]c(N2CCCC2)[n+](O)c2cc3c(cc21)CCC3. The van der Waals surface area contributed by atoms with Gasteiger partial charge in [-0.25, -0.2) is 0 Å². The molecule has 1 aromatic carbocycles. The number of rotatable bonds is 1. The third-order valence-electron chi connectivity index (χ3n) is 4.44. The molecule has 2 aromatic rings. The maximum absolute atomic E-state index is 12.2. The van der Waals surface area contributed by atoms with Gasteiger partial charge in [-0.05, 0) is 54.0 Å². The highest BCUT2D eigenvalue weighted by molar-refractivity contribution is 5.70. The molecule has 0 amide bonds. The van der Waals surface area contributed by atoms with E-state index in [1.807, 2.05) is 17.0 Å². The number of fused-ring (bicyclic) bond motifs is 2. The Balaban J connectivity index is 1.98. The van der Waals surface area contributed by atoms with Crippen molar-refractivity contribution in [3.63, 3.8) is 0 Å². The largest absolute Gasteiger partial charge is 0.451 e. The summed E-state index contributed by atoms with van der Waals surface area (Å²) in [5.41, 5.74) is 3.56. The second-order valence-electron chi connectivity index (χ2n) is 5.70. The summed E-state index contributed by atoms with van der Waals surface area (Å²) >= 11 is 0. The van der Waals surface area contributed by atoms with Gasteiger partial charge in [-0.1, -0.05) is 0 Å². The monoisotopic (exact) mass is 274 g/mol. The topological polar surface area (TPSA) is 66.1 Å². The molecular formula is C14H18N4O2+2. The fraction of sp³-hybridized carbons (Fsp3) is 0.500. The summed E-state index contributed by atoms with van der Waals surface area (Å²) < 4.78 is 1.90. The van der Waals surface area contributed by atoms with Crippen molar-refractivity contribution in [2.24, 2.45) is 0 Å². The van der Waals surface area contributed by atoms with Crippen LogP contribution in [0, 0.1) is 4.91 Å². The third-order valence-corrected chi connectivity index (χ3v) is 4.44. The summed E-state index contributed by atoms with van der Waals surface area (Å²) in [5.74, 6) is 0.475. The van der Waals surface area contributed by atoms with Gasteiger partial charge in [0.1, 0.15) is 0 Å². The first-order valence-electron chi connectivity index (χ1n) is 7.24. The Morgan fingerprint density at radius 2 is 1.70 bits per heavy atom. The van der Waals surface area contributed by atoms with Crippen LogP contribution >= 0.6 is 0 Å². The summed E-state index contributed by atoms with van der Waals surface area (Å²) in [6, 6.07) is 3.86. The Kier molecular flexibility index (Phi) is 2.45. The molecule has 4 rings (SSSR count). The second kappa shape index (κ2) is 4.19. The highest BCUT2D eigenvalue weighted by atomic mass is 16.5. The summed E-state index contributed by atoms with van der Waals surface area (Å²) in [6.45, 7) is 1.74. The Labute approximate surface area is 115 Å². The van der Waals surface area contributed by atoms with Gasteiger partial charge in [-0.15, -0.1) is 0 Å². The molecule has 0 bridgehead atoms. The van der Waals surface area contributed by atoms with Gasteiger partial charge < -0.3 is 5.21 Å². The van der Waals surface area contributed by atoms with Crippen molar-refractivity contribution in [2.45, 2.75) is 32.1 Å². The van der Waals surface area contributed by atoms with Crippen molar-refractivity contribution in [2.75, 3.05) is 18.0 Å². The number of H-pyrrole nitrogens is 1. The molecule has 2 aliphatic rings. The molecule has 6 heteroatoms. The van der Waals surface area contributed by atoms with Gasteiger partial charge in [0, 0.05) is 11.2 Å². The van der Waals surface area contributed by atoms with E-state index in [2.05, 4.69) is 5.10 Å². The van der Waals surface area contributed by atoms with Crippen LogP contribution in [0.4, 0.5) is 5.95 Å². The second-order valence-corrected chi connectivity index (χ2v) is 5.70. The van der Waals surface area contributed by atoms with Crippen molar-refractivity contribution in [3.8, 4) is 0 Å². The lowest BCUT2D eigenvalue weighted by Crippen LogP contribution is -2.45. The van der Waals surface area contributed by atoms with Gasteiger partial charge in [-0.2, -0.15) is 0 Å². The van der Waals surface area contributed by atoms with Gasteiger partial charge in [0.05, 0.1) is 18.0 Å². The highest BCUT2D eigenvalue weighted by Crippen LogP contribution is 2.25. The van der Waals surface area contributed by atoms with Gasteiger partial charge in [0.15, 0.2) is 0 Å². The molecule has 1 saturated heterocycles. The van der Waals surface area contributed by atoms with Gasteiger partial charge >= 0.3 is 11.5 Å². The molecule has 1 fully saturated rings. The average molecular weight is 274 g/mol. The van der Waals surface area contributed by atoms with Crippen LogP contribution in [0.3, 0.4) is 0 Å². The van der Waals surface area contributed by atoms with E-state index in [0.29, 0.717) is 17.0 Å². The normalized spacial score (nSPS) is 17.9. The van der Waals surface area contributed by atoms with Crippen LogP contribution in [0.2, 0.25) is 0 Å². The summed E-state index contributed by atoms with van der Waals surface area (Å²) in [4.78, 5) is 14.2. The minimum atomic E-state index is 0.475. The zero-order valence-corrected chi connectivity index (χ0v) is 11.3. The number of benzene rings is 1. The molecule has 20 heavy (non-hydrogen) atoms. The fourth-order valence-electron chi connectivity index (χ4n) is 3.38. The van der Waals surface area contributed by atoms with E-state index in [1.54, 1.807) is 0 Å². The van der Waals surface area contributed by atoms with E-state index in [0.717, 1.165) is 54.5 Å². The van der Waals surface area contributed by atoms with Crippen LogP contribution in [-0.2, 0) is 12.8 Å². The van der Waals surface area contributed by atoms with Crippen LogP contribution in [0.1, 0.15) is 30.4 Å². The molecule has 6 nitrogen and oxygen atoms in total. The van der Waals surface area contributed by atoms with E-state index >= 15 is 0 Å². The van der Waals surface area contributed by atoms with Crippen molar-refractivity contribution >= 4 is 17.0 Å². The maximum atomic E-state index is 12.2. The molecule has 104 valence electrons. The summed E-state index contributed by atoms with van der Waals surface area (Å²) in [6.07, 6.45) is 5.36. The number of nitrogens with one attached hydrogen (secondary N) is 1. The molecule has 1 aliphatic carbocycles. The Bertz CT molecular complexity index is 747. The van der Waals surface area contributed by atoms with Crippen LogP contribution in [0.15, 0.2) is 12.1 Å². The fourth-order valence-corrected chi connectivity index (χ4v) is 3.38. The zero-order chi connectivity index (χ0) is 13.7. The Morgan fingerprint density at radius 1 is 1.05 bits per heavy atom. The van der Waals surface area contributed by atoms with Crippen LogP contribution in [-0.4, -0.2) is 23.4 Å². The van der Waals surface area contributed by atoms with Gasteiger partial charge in [0.25, 0.3) is 0 Å². The summed E-state index contributed by atoms with van der Waals surface area (Å²) in [7, 11) is 0. The predicted octanol–water partition coefficient (Wildman–Crippen LogP) is 0.696. The lowest BCUT2D eigenvalue weighted by molar-refractivity contribution is -0.882. The molecule has 2 N–H and O–H groups in total. The molecule has 0 radical (unpaired) electrons. The number of hydrogen-bond donors (Lipinski definition) is 2. The molecule has 0 unspecified atom stereocenters. The minimum Gasteiger partial charge on any atom is -0.371 e. The van der Waals surface area contributed by atoms with Crippen LogP contribution in [0.5, 0.6) is 0 Å². The minimum absolute atomic E-state index is 0.475. The molecule has 1 aromatic heterocycles. The van der Waals surface area contributed by atoms with E-state index in [4.69, 9.17) is 0 Å². The number of anilines is 1. The number of aromatic nitrogens is 3. The van der Waals surface area contributed by atoms with Gasteiger partial charge in [-0.3, -0.25) is 4.90 Å². The smallest absolute Gasteiger partial charge is 0.371 e. The molecule has 1 aliphatic heterocycles.